The van der Waals surface area contributed by atoms with E-state index in [1.165, 1.54) is 0 Å². The van der Waals surface area contributed by atoms with Crippen molar-refractivity contribution in [2.75, 3.05) is 13.2 Å². The predicted octanol–water partition coefficient (Wildman–Crippen LogP) is 2.29. The second kappa shape index (κ2) is 3.10. The van der Waals surface area contributed by atoms with Crippen LogP contribution < -0.4 is 0 Å². The predicted molar refractivity (Wildman–Crippen MR) is 51.7 cm³/mol. The summed E-state index contributed by atoms with van der Waals surface area (Å²) in [5.41, 5.74) is 0.0112. The zero-order valence-corrected chi connectivity index (χ0v) is 8.51. The van der Waals surface area contributed by atoms with Crippen LogP contribution >= 0.6 is 0 Å². The van der Waals surface area contributed by atoms with Crippen LogP contribution in [0.25, 0.3) is 0 Å². The third-order valence-electron chi connectivity index (χ3n) is 2.89. The van der Waals surface area contributed by atoms with Gasteiger partial charge in [-0.05, 0) is 26.7 Å². The molecule has 0 radical (unpaired) electrons. The summed E-state index contributed by atoms with van der Waals surface area (Å²) >= 11 is 0. The van der Waals surface area contributed by atoms with Crippen LogP contribution in [0.15, 0.2) is 12.2 Å². The first-order chi connectivity index (χ1) is 6.12. The Morgan fingerprint density at radius 3 is 2.69 bits per heavy atom. The van der Waals surface area contributed by atoms with Crippen molar-refractivity contribution in [3.63, 3.8) is 0 Å². The van der Waals surface area contributed by atoms with E-state index in [1.54, 1.807) is 0 Å². The van der Waals surface area contributed by atoms with Gasteiger partial charge in [-0.1, -0.05) is 12.2 Å². The van der Waals surface area contributed by atoms with Crippen LogP contribution in [0.2, 0.25) is 0 Å². The van der Waals surface area contributed by atoms with Gasteiger partial charge in [0.1, 0.15) is 0 Å². The average Bonchev–Trinajstić information content (AvgIpc) is 2.26. The normalized spacial score (nSPS) is 38.0. The summed E-state index contributed by atoms with van der Waals surface area (Å²) in [6, 6.07) is 0. The molecular formula is C11H18O2. The van der Waals surface area contributed by atoms with Gasteiger partial charge in [0.2, 0.25) is 0 Å². The lowest BCUT2D eigenvalue weighted by atomic mass is 9.90. The standard InChI is InChI=1S/C11H18O2/c1-10(2)8-11(9-13-10)6-4-3-5-7-12-11/h3,5H,4,6-9H2,1-2H3/t11-/m0/s1. The summed E-state index contributed by atoms with van der Waals surface area (Å²) in [6.07, 6.45) is 7.58. The highest BCUT2D eigenvalue weighted by Gasteiger charge is 2.44. The summed E-state index contributed by atoms with van der Waals surface area (Å²) in [5.74, 6) is 0. The quantitative estimate of drug-likeness (QED) is 0.535. The van der Waals surface area contributed by atoms with E-state index in [0.717, 1.165) is 32.5 Å². The molecule has 2 heteroatoms. The van der Waals surface area contributed by atoms with Crippen LogP contribution in [0.5, 0.6) is 0 Å². The largest absolute Gasteiger partial charge is 0.372 e. The molecule has 1 atom stereocenters. The van der Waals surface area contributed by atoms with E-state index in [-0.39, 0.29) is 11.2 Å². The molecule has 74 valence electrons. The zero-order valence-electron chi connectivity index (χ0n) is 8.51. The van der Waals surface area contributed by atoms with Crippen LogP contribution in [0.3, 0.4) is 0 Å². The van der Waals surface area contributed by atoms with Gasteiger partial charge in [-0.2, -0.15) is 0 Å². The van der Waals surface area contributed by atoms with Gasteiger partial charge < -0.3 is 9.47 Å². The molecule has 0 bridgehead atoms. The van der Waals surface area contributed by atoms with Gasteiger partial charge in [0.05, 0.1) is 24.4 Å². The van der Waals surface area contributed by atoms with Gasteiger partial charge in [0.25, 0.3) is 0 Å². The summed E-state index contributed by atoms with van der Waals surface area (Å²) in [4.78, 5) is 0. The molecule has 1 saturated heterocycles. The molecule has 2 nitrogen and oxygen atoms in total. The van der Waals surface area contributed by atoms with Crippen molar-refractivity contribution in [1.82, 2.24) is 0 Å². The Morgan fingerprint density at radius 1 is 1.15 bits per heavy atom. The fourth-order valence-electron chi connectivity index (χ4n) is 2.29. The lowest BCUT2D eigenvalue weighted by Gasteiger charge is -2.26. The van der Waals surface area contributed by atoms with Gasteiger partial charge >= 0.3 is 0 Å². The first-order valence-corrected chi connectivity index (χ1v) is 5.05. The molecule has 1 fully saturated rings. The van der Waals surface area contributed by atoms with E-state index in [2.05, 4.69) is 26.0 Å². The lowest BCUT2D eigenvalue weighted by molar-refractivity contribution is -0.0410. The Labute approximate surface area is 79.9 Å². The van der Waals surface area contributed by atoms with E-state index >= 15 is 0 Å². The first kappa shape index (κ1) is 9.22. The van der Waals surface area contributed by atoms with Crippen molar-refractivity contribution in [3.05, 3.63) is 12.2 Å². The molecule has 0 N–H and O–H groups in total. The first-order valence-electron chi connectivity index (χ1n) is 5.05. The molecule has 1 spiro atoms. The topological polar surface area (TPSA) is 18.5 Å². The summed E-state index contributed by atoms with van der Waals surface area (Å²) < 4.78 is 11.6. The van der Waals surface area contributed by atoms with Gasteiger partial charge in [-0.3, -0.25) is 0 Å². The summed E-state index contributed by atoms with van der Waals surface area (Å²) in [5, 5.41) is 0. The maximum Gasteiger partial charge on any atom is 0.0949 e. The Balaban J connectivity index is 2.05. The van der Waals surface area contributed by atoms with Crippen molar-refractivity contribution in [1.29, 1.82) is 0 Å². The lowest BCUT2D eigenvalue weighted by Crippen LogP contribution is -2.33. The van der Waals surface area contributed by atoms with Gasteiger partial charge in [-0.15, -0.1) is 0 Å². The molecule has 2 aliphatic heterocycles. The summed E-state index contributed by atoms with van der Waals surface area (Å²) in [7, 11) is 0. The Morgan fingerprint density at radius 2 is 2.00 bits per heavy atom. The zero-order chi connectivity index (χ0) is 9.36. The highest BCUT2D eigenvalue weighted by Crippen LogP contribution is 2.39. The minimum atomic E-state index is 0.00431. The van der Waals surface area contributed by atoms with Crippen LogP contribution in [-0.4, -0.2) is 24.4 Å². The Hall–Kier alpha value is -0.340. The van der Waals surface area contributed by atoms with Crippen molar-refractivity contribution in [2.24, 2.45) is 0 Å². The van der Waals surface area contributed by atoms with E-state index in [0.29, 0.717) is 0 Å². The highest BCUT2D eigenvalue weighted by atomic mass is 16.6. The minimum absolute atomic E-state index is 0.00431. The number of allylic oxidation sites excluding steroid dienone is 1. The molecule has 0 aromatic rings. The number of ether oxygens (including phenoxy) is 2. The molecule has 0 aliphatic carbocycles. The molecule has 13 heavy (non-hydrogen) atoms. The van der Waals surface area contributed by atoms with Gasteiger partial charge in [-0.25, -0.2) is 0 Å². The Bertz CT molecular complexity index is 208. The van der Waals surface area contributed by atoms with Crippen molar-refractivity contribution < 1.29 is 9.47 Å². The molecule has 0 unspecified atom stereocenters. The van der Waals surface area contributed by atoms with Crippen molar-refractivity contribution in [3.8, 4) is 0 Å². The van der Waals surface area contributed by atoms with E-state index < -0.39 is 0 Å². The molecule has 2 rings (SSSR count). The fraction of sp³-hybridized carbons (Fsp3) is 0.818. The number of hydrogen-bond acceptors (Lipinski definition) is 2. The van der Waals surface area contributed by atoms with Crippen LogP contribution in [0, 0.1) is 0 Å². The van der Waals surface area contributed by atoms with Crippen molar-refractivity contribution >= 4 is 0 Å². The summed E-state index contributed by atoms with van der Waals surface area (Å²) in [6.45, 7) is 5.80. The van der Waals surface area contributed by atoms with Crippen molar-refractivity contribution in [2.45, 2.75) is 44.3 Å². The van der Waals surface area contributed by atoms with Crippen LogP contribution in [-0.2, 0) is 9.47 Å². The van der Waals surface area contributed by atoms with Gasteiger partial charge in [0.15, 0.2) is 0 Å². The molecular weight excluding hydrogens is 164 g/mol. The van der Waals surface area contributed by atoms with Crippen LogP contribution in [0.1, 0.15) is 33.1 Å². The maximum atomic E-state index is 5.88. The molecule has 0 saturated carbocycles. The molecule has 0 aromatic heterocycles. The second-order valence-electron chi connectivity index (χ2n) is 4.73. The van der Waals surface area contributed by atoms with E-state index in [1.807, 2.05) is 0 Å². The van der Waals surface area contributed by atoms with E-state index in [9.17, 15) is 0 Å². The number of hydrogen-bond donors (Lipinski definition) is 0. The van der Waals surface area contributed by atoms with Crippen LogP contribution in [0.4, 0.5) is 0 Å². The Kier molecular flexibility index (Phi) is 2.20. The minimum Gasteiger partial charge on any atom is -0.372 e. The third kappa shape index (κ3) is 1.94. The average molecular weight is 182 g/mol. The molecule has 0 aromatic carbocycles. The van der Waals surface area contributed by atoms with Gasteiger partial charge in [0, 0.05) is 6.42 Å². The maximum absolute atomic E-state index is 5.88. The molecule has 0 amide bonds. The molecule has 2 heterocycles. The fourth-order valence-corrected chi connectivity index (χ4v) is 2.29. The number of rotatable bonds is 0. The highest BCUT2D eigenvalue weighted by molar-refractivity contribution is 4.99. The van der Waals surface area contributed by atoms with E-state index in [4.69, 9.17) is 9.47 Å². The smallest absolute Gasteiger partial charge is 0.0949 e. The SMILES string of the molecule is CC1(C)C[C@@]2(CCC=CCO2)CO1. The monoisotopic (exact) mass is 182 g/mol. The second-order valence-corrected chi connectivity index (χ2v) is 4.73. The third-order valence-corrected chi connectivity index (χ3v) is 2.89. The molecule has 2 aliphatic rings.